The summed E-state index contributed by atoms with van der Waals surface area (Å²) in [7, 11) is 0. The third kappa shape index (κ3) is 4.86. The van der Waals surface area contributed by atoms with Gasteiger partial charge in [-0.1, -0.05) is 35.4 Å². The molecule has 1 aromatic heterocycles. The molecular weight excluding hydrogens is 322 g/mol. The normalized spacial score (nSPS) is 10.7. The molecule has 126 valence electrons. The number of nitrogen functional groups attached to an aromatic ring is 1. The van der Waals surface area contributed by atoms with Crippen molar-refractivity contribution in [1.82, 2.24) is 25.6 Å². The van der Waals surface area contributed by atoms with Crippen LogP contribution in [0, 0.1) is 0 Å². The smallest absolute Gasteiger partial charge is 0.263 e. The molecule has 25 heavy (non-hydrogen) atoms. The van der Waals surface area contributed by atoms with Crippen molar-refractivity contribution in [2.24, 2.45) is 5.10 Å². The second-order valence-corrected chi connectivity index (χ2v) is 4.96. The molecule has 3 rings (SSSR count). The molecule has 0 saturated carbocycles. The van der Waals surface area contributed by atoms with Crippen molar-refractivity contribution in [3.63, 3.8) is 0 Å². The molecule has 9 nitrogen and oxygen atoms in total. The number of benzene rings is 2. The molecule has 3 N–H and O–H groups in total. The van der Waals surface area contributed by atoms with Gasteiger partial charge >= 0.3 is 0 Å². The van der Waals surface area contributed by atoms with E-state index >= 15 is 0 Å². The maximum atomic E-state index is 11.7. The van der Waals surface area contributed by atoms with Gasteiger partial charge in [0, 0.05) is 0 Å². The number of nitrogens with two attached hydrogens (primary N) is 1. The minimum atomic E-state index is -0.398. The molecule has 0 radical (unpaired) electrons. The van der Waals surface area contributed by atoms with Crippen LogP contribution in [0.5, 0.6) is 11.5 Å². The number of hydrazone groups is 1. The topological polar surface area (TPSA) is 120 Å². The van der Waals surface area contributed by atoms with Crippen molar-refractivity contribution in [3.05, 3.63) is 60.2 Å². The molecule has 0 aliphatic heterocycles. The largest absolute Gasteiger partial charge is 0.457 e. The van der Waals surface area contributed by atoms with E-state index in [0.717, 1.165) is 16.1 Å². The van der Waals surface area contributed by atoms with Gasteiger partial charge in [0.15, 0.2) is 0 Å². The number of tetrazole rings is 1. The zero-order chi connectivity index (χ0) is 17.5. The van der Waals surface area contributed by atoms with E-state index < -0.39 is 5.91 Å². The number of carbonyl (C=O) groups excluding carboxylic acids is 1. The SMILES string of the molecule is Nc1nnn(CC(=O)N/N=C/c2cccc(Oc3ccccc3)c2)n1. The lowest BCUT2D eigenvalue weighted by atomic mass is 10.2. The Labute approximate surface area is 143 Å². The summed E-state index contributed by atoms with van der Waals surface area (Å²) in [6, 6.07) is 16.8. The first-order chi connectivity index (χ1) is 12.2. The fourth-order valence-electron chi connectivity index (χ4n) is 1.95. The third-order valence-corrected chi connectivity index (χ3v) is 2.99. The van der Waals surface area contributed by atoms with Gasteiger partial charge < -0.3 is 10.5 Å². The van der Waals surface area contributed by atoms with Gasteiger partial charge in [-0.2, -0.15) is 9.90 Å². The van der Waals surface area contributed by atoms with Gasteiger partial charge in [-0.25, -0.2) is 5.43 Å². The molecule has 0 aliphatic rings. The first-order valence-corrected chi connectivity index (χ1v) is 7.37. The minimum Gasteiger partial charge on any atom is -0.457 e. The fraction of sp³-hybridized carbons (Fsp3) is 0.0625. The van der Waals surface area contributed by atoms with Crippen molar-refractivity contribution in [3.8, 4) is 11.5 Å². The van der Waals surface area contributed by atoms with Crippen LogP contribution in [-0.4, -0.2) is 32.3 Å². The third-order valence-electron chi connectivity index (χ3n) is 2.99. The van der Waals surface area contributed by atoms with Gasteiger partial charge in [0.2, 0.25) is 0 Å². The minimum absolute atomic E-state index is 0.00605. The van der Waals surface area contributed by atoms with E-state index in [1.54, 1.807) is 0 Å². The summed E-state index contributed by atoms with van der Waals surface area (Å²) in [5.41, 5.74) is 8.47. The first-order valence-electron chi connectivity index (χ1n) is 7.37. The van der Waals surface area contributed by atoms with Gasteiger partial charge in [0.05, 0.1) is 6.21 Å². The number of nitrogens with zero attached hydrogens (tertiary/aromatic N) is 5. The zero-order valence-electron chi connectivity index (χ0n) is 13.1. The molecule has 1 heterocycles. The van der Waals surface area contributed by atoms with Crippen molar-refractivity contribution in [2.45, 2.75) is 6.54 Å². The summed E-state index contributed by atoms with van der Waals surface area (Å²) >= 11 is 0. The number of anilines is 1. The molecule has 0 saturated heterocycles. The van der Waals surface area contributed by atoms with Crippen LogP contribution in [-0.2, 0) is 11.3 Å². The highest BCUT2D eigenvalue weighted by Gasteiger charge is 2.04. The number of hydrogen-bond donors (Lipinski definition) is 2. The standard InChI is InChI=1S/C16H15N7O2/c17-16-20-22-23(21-16)11-15(24)19-18-10-12-5-4-8-14(9-12)25-13-6-2-1-3-7-13/h1-10H,11H2,(H2,17,21)(H,19,24)/b18-10+. The second kappa shape index (κ2) is 7.68. The molecular formula is C16H15N7O2. The van der Waals surface area contributed by atoms with Crippen molar-refractivity contribution in [2.75, 3.05) is 5.73 Å². The van der Waals surface area contributed by atoms with Crippen molar-refractivity contribution in [1.29, 1.82) is 0 Å². The predicted molar refractivity (Wildman–Crippen MR) is 90.9 cm³/mol. The first kappa shape index (κ1) is 16.1. The summed E-state index contributed by atoms with van der Waals surface area (Å²) in [6.45, 7) is -0.126. The highest BCUT2D eigenvalue weighted by Crippen LogP contribution is 2.21. The Hall–Kier alpha value is -3.75. The second-order valence-electron chi connectivity index (χ2n) is 4.96. The van der Waals surface area contributed by atoms with E-state index in [-0.39, 0.29) is 12.5 Å². The van der Waals surface area contributed by atoms with Crippen LogP contribution in [0.4, 0.5) is 5.95 Å². The number of rotatable bonds is 6. The lowest BCUT2D eigenvalue weighted by Crippen LogP contribution is -2.24. The summed E-state index contributed by atoms with van der Waals surface area (Å²) in [5, 5.41) is 14.7. The Morgan fingerprint density at radius 3 is 2.76 bits per heavy atom. The summed E-state index contributed by atoms with van der Waals surface area (Å²) in [6.07, 6.45) is 1.51. The zero-order valence-corrected chi connectivity index (χ0v) is 13.1. The Balaban J connectivity index is 1.56. The fourth-order valence-corrected chi connectivity index (χ4v) is 1.95. The van der Waals surface area contributed by atoms with Crippen LogP contribution in [0.2, 0.25) is 0 Å². The molecule has 9 heteroatoms. The molecule has 1 amide bonds. The monoisotopic (exact) mass is 337 g/mol. The van der Waals surface area contributed by atoms with Crippen LogP contribution in [0.15, 0.2) is 59.7 Å². The molecule has 0 unspecified atom stereocenters. The van der Waals surface area contributed by atoms with Gasteiger partial charge in [0.1, 0.15) is 18.0 Å². The van der Waals surface area contributed by atoms with Crippen LogP contribution in [0.1, 0.15) is 5.56 Å². The quantitative estimate of drug-likeness (QED) is 0.515. The molecule has 0 spiro atoms. The van der Waals surface area contributed by atoms with Gasteiger partial charge in [0.25, 0.3) is 11.9 Å². The average molecular weight is 337 g/mol. The number of amides is 1. The van der Waals surface area contributed by atoms with Crippen molar-refractivity contribution < 1.29 is 9.53 Å². The summed E-state index contributed by atoms with van der Waals surface area (Å²) < 4.78 is 5.74. The predicted octanol–water partition coefficient (Wildman–Crippen LogP) is 1.20. The summed E-state index contributed by atoms with van der Waals surface area (Å²) in [5.74, 6) is 1.02. The number of ether oxygens (including phenoxy) is 1. The van der Waals surface area contributed by atoms with E-state index in [2.05, 4.69) is 25.9 Å². The van der Waals surface area contributed by atoms with E-state index in [4.69, 9.17) is 10.5 Å². The van der Waals surface area contributed by atoms with Crippen LogP contribution < -0.4 is 15.9 Å². The van der Waals surface area contributed by atoms with Crippen LogP contribution in [0.3, 0.4) is 0 Å². The van der Waals surface area contributed by atoms with Crippen molar-refractivity contribution >= 4 is 18.1 Å². The molecule has 0 bridgehead atoms. The Bertz CT molecular complexity index is 877. The number of aromatic nitrogens is 4. The molecule has 0 fully saturated rings. The van der Waals surface area contributed by atoms with Crippen LogP contribution >= 0.6 is 0 Å². The van der Waals surface area contributed by atoms with E-state index in [1.807, 2.05) is 54.6 Å². The van der Waals surface area contributed by atoms with E-state index in [1.165, 1.54) is 6.21 Å². The Kier molecular flexibility index (Phi) is 4.95. The summed E-state index contributed by atoms with van der Waals surface area (Å²) in [4.78, 5) is 12.8. The lowest BCUT2D eigenvalue weighted by Gasteiger charge is -2.05. The molecule has 3 aromatic rings. The van der Waals surface area contributed by atoms with Gasteiger partial charge in [-0.3, -0.25) is 4.79 Å². The Morgan fingerprint density at radius 2 is 2.00 bits per heavy atom. The van der Waals surface area contributed by atoms with E-state index in [9.17, 15) is 4.79 Å². The van der Waals surface area contributed by atoms with Gasteiger partial charge in [-0.05, 0) is 35.0 Å². The maximum absolute atomic E-state index is 11.7. The number of para-hydroxylation sites is 1. The molecule has 0 aliphatic carbocycles. The number of nitrogens with one attached hydrogen (secondary N) is 1. The Morgan fingerprint density at radius 1 is 1.20 bits per heavy atom. The number of carbonyl (C=O) groups is 1. The van der Waals surface area contributed by atoms with E-state index in [0.29, 0.717) is 5.75 Å². The van der Waals surface area contributed by atoms with Crippen LogP contribution in [0.25, 0.3) is 0 Å². The number of hydrogen-bond acceptors (Lipinski definition) is 7. The highest BCUT2D eigenvalue weighted by atomic mass is 16.5. The molecule has 2 aromatic carbocycles. The highest BCUT2D eigenvalue weighted by molar-refractivity contribution is 5.82. The average Bonchev–Trinajstić information content (AvgIpc) is 3.01. The lowest BCUT2D eigenvalue weighted by molar-refractivity contribution is -0.122. The van der Waals surface area contributed by atoms with Gasteiger partial charge in [-0.15, -0.1) is 5.10 Å². The maximum Gasteiger partial charge on any atom is 0.263 e. The molecule has 0 atom stereocenters.